The van der Waals surface area contributed by atoms with Crippen LogP contribution in [0.4, 0.5) is 5.69 Å². The number of nitrogens with one attached hydrogen (secondary N) is 1. The fourth-order valence-electron chi connectivity index (χ4n) is 2.72. The maximum atomic E-state index is 12.5. The Kier molecular flexibility index (Phi) is 7.11. The third-order valence-corrected chi connectivity index (χ3v) is 4.40. The molecule has 0 atom stereocenters. The molecule has 0 fully saturated rings. The van der Waals surface area contributed by atoms with Crippen LogP contribution in [0, 0.1) is 6.92 Å². The lowest BCUT2D eigenvalue weighted by molar-refractivity contribution is -0.130. The molecular formula is C21H25N3O3. The minimum absolute atomic E-state index is 0.00501. The molecule has 0 saturated heterocycles. The van der Waals surface area contributed by atoms with Gasteiger partial charge in [-0.25, -0.2) is 0 Å². The Morgan fingerprint density at radius 2 is 1.70 bits per heavy atom. The van der Waals surface area contributed by atoms with Gasteiger partial charge in [0.15, 0.2) is 0 Å². The van der Waals surface area contributed by atoms with Crippen molar-refractivity contribution in [2.75, 3.05) is 18.4 Å². The lowest BCUT2D eigenvalue weighted by Gasteiger charge is -2.21. The Labute approximate surface area is 159 Å². The van der Waals surface area contributed by atoms with E-state index in [1.165, 1.54) is 0 Å². The van der Waals surface area contributed by atoms with Gasteiger partial charge in [-0.3, -0.25) is 14.4 Å². The van der Waals surface area contributed by atoms with Gasteiger partial charge in [0.2, 0.25) is 17.7 Å². The molecule has 0 aromatic heterocycles. The smallest absolute Gasteiger partial charge is 0.248 e. The van der Waals surface area contributed by atoms with E-state index < -0.39 is 5.91 Å². The normalized spacial score (nSPS) is 10.3. The van der Waals surface area contributed by atoms with Crippen molar-refractivity contribution in [2.45, 2.75) is 26.7 Å². The Morgan fingerprint density at radius 3 is 2.30 bits per heavy atom. The molecule has 0 radical (unpaired) electrons. The highest BCUT2D eigenvalue weighted by molar-refractivity contribution is 5.95. The van der Waals surface area contributed by atoms with Crippen LogP contribution in [0.2, 0.25) is 0 Å². The van der Waals surface area contributed by atoms with Crippen molar-refractivity contribution in [2.24, 2.45) is 5.73 Å². The minimum atomic E-state index is -0.515. The van der Waals surface area contributed by atoms with E-state index in [0.29, 0.717) is 30.8 Å². The van der Waals surface area contributed by atoms with E-state index in [9.17, 15) is 14.4 Å². The third-order valence-electron chi connectivity index (χ3n) is 4.40. The molecule has 142 valence electrons. The monoisotopic (exact) mass is 367 g/mol. The molecule has 27 heavy (non-hydrogen) atoms. The number of anilines is 1. The van der Waals surface area contributed by atoms with Gasteiger partial charge in [0.05, 0.1) is 6.42 Å². The summed E-state index contributed by atoms with van der Waals surface area (Å²) < 4.78 is 0. The molecule has 0 heterocycles. The van der Waals surface area contributed by atoms with Gasteiger partial charge < -0.3 is 16.0 Å². The van der Waals surface area contributed by atoms with Crippen molar-refractivity contribution in [3.05, 3.63) is 65.2 Å². The molecule has 3 amide bonds. The van der Waals surface area contributed by atoms with Crippen molar-refractivity contribution in [3.8, 4) is 0 Å². The lowest BCUT2D eigenvalue weighted by atomic mass is 10.1. The second-order valence-electron chi connectivity index (χ2n) is 6.32. The summed E-state index contributed by atoms with van der Waals surface area (Å²) in [6.45, 7) is 4.78. The number of nitrogens with two attached hydrogens (primary N) is 1. The molecule has 0 aliphatic heterocycles. The standard InChI is InChI=1S/C21H25N3O3/c1-3-24(20(26)14-17-7-5-4-6-15(17)2)13-12-19(25)23-18-10-8-16(9-11-18)21(22)27/h4-11H,3,12-14H2,1-2H3,(H2,22,27)(H,23,25). The molecule has 0 saturated carbocycles. The SMILES string of the molecule is CCN(CCC(=O)Nc1ccc(C(N)=O)cc1)C(=O)Cc1ccccc1C. The minimum Gasteiger partial charge on any atom is -0.366 e. The number of hydrogen-bond acceptors (Lipinski definition) is 3. The second kappa shape index (κ2) is 9.52. The van der Waals surface area contributed by atoms with Gasteiger partial charge >= 0.3 is 0 Å². The van der Waals surface area contributed by atoms with E-state index >= 15 is 0 Å². The summed E-state index contributed by atoms with van der Waals surface area (Å²) in [5.74, 6) is -0.701. The zero-order valence-corrected chi connectivity index (χ0v) is 15.7. The molecule has 0 aliphatic carbocycles. The van der Waals surface area contributed by atoms with Gasteiger partial charge in [0.1, 0.15) is 0 Å². The number of primary amides is 1. The van der Waals surface area contributed by atoms with E-state index in [1.807, 2.05) is 38.1 Å². The Bertz CT molecular complexity index is 816. The fraction of sp³-hybridized carbons (Fsp3) is 0.286. The Balaban J connectivity index is 1.87. The molecule has 0 bridgehead atoms. The number of carbonyl (C=O) groups is 3. The van der Waals surface area contributed by atoms with Crippen molar-refractivity contribution in [1.29, 1.82) is 0 Å². The highest BCUT2D eigenvalue weighted by Crippen LogP contribution is 2.11. The van der Waals surface area contributed by atoms with Gasteiger partial charge in [-0.1, -0.05) is 24.3 Å². The molecule has 0 unspecified atom stereocenters. The number of likely N-dealkylation sites (N-methyl/N-ethyl adjacent to an activating group) is 1. The highest BCUT2D eigenvalue weighted by atomic mass is 16.2. The van der Waals surface area contributed by atoms with Crippen LogP contribution in [-0.2, 0) is 16.0 Å². The zero-order chi connectivity index (χ0) is 19.8. The molecule has 0 aliphatic rings. The van der Waals surface area contributed by atoms with E-state index in [1.54, 1.807) is 29.2 Å². The first-order valence-corrected chi connectivity index (χ1v) is 8.92. The summed E-state index contributed by atoms with van der Waals surface area (Å²) in [6, 6.07) is 14.2. The highest BCUT2D eigenvalue weighted by Gasteiger charge is 2.15. The summed E-state index contributed by atoms with van der Waals surface area (Å²) in [6.07, 6.45) is 0.529. The van der Waals surface area contributed by atoms with Crippen LogP contribution in [0.1, 0.15) is 34.8 Å². The molecule has 2 rings (SSSR count). The van der Waals surface area contributed by atoms with Gasteiger partial charge in [0.25, 0.3) is 0 Å². The quantitative estimate of drug-likeness (QED) is 0.751. The average Bonchev–Trinajstić information content (AvgIpc) is 2.64. The van der Waals surface area contributed by atoms with Crippen LogP contribution in [0.15, 0.2) is 48.5 Å². The summed E-state index contributed by atoms with van der Waals surface area (Å²) in [5, 5.41) is 2.76. The first kappa shape index (κ1) is 20.2. The van der Waals surface area contributed by atoms with Crippen molar-refractivity contribution >= 4 is 23.4 Å². The zero-order valence-electron chi connectivity index (χ0n) is 15.7. The van der Waals surface area contributed by atoms with Crippen LogP contribution >= 0.6 is 0 Å². The number of carbonyl (C=O) groups excluding carboxylic acids is 3. The fourth-order valence-corrected chi connectivity index (χ4v) is 2.72. The van der Waals surface area contributed by atoms with Gasteiger partial charge in [-0.15, -0.1) is 0 Å². The number of hydrogen-bond donors (Lipinski definition) is 2. The third kappa shape index (κ3) is 5.95. The van der Waals surface area contributed by atoms with Crippen LogP contribution < -0.4 is 11.1 Å². The van der Waals surface area contributed by atoms with Crippen LogP contribution in [0.25, 0.3) is 0 Å². The number of aryl methyl sites for hydroxylation is 1. The number of amides is 3. The second-order valence-corrected chi connectivity index (χ2v) is 6.32. The predicted molar refractivity (Wildman–Crippen MR) is 105 cm³/mol. The molecule has 6 heteroatoms. The molecule has 2 aromatic rings. The molecule has 6 nitrogen and oxygen atoms in total. The predicted octanol–water partition coefficient (Wildman–Crippen LogP) is 2.51. The van der Waals surface area contributed by atoms with E-state index in [2.05, 4.69) is 5.32 Å². The maximum absolute atomic E-state index is 12.5. The Hall–Kier alpha value is -3.15. The van der Waals surface area contributed by atoms with E-state index in [0.717, 1.165) is 11.1 Å². The number of rotatable bonds is 8. The maximum Gasteiger partial charge on any atom is 0.248 e. The number of benzene rings is 2. The summed E-state index contributed by atoms with van der Waals surface area (Å²) in [5.41, 5.74) is 8.24. The Morgan fingerprint density at radius 1 is 1.04 bits per heavy atom. The first-order chi connectivity index (χ1) is 12.9. The largest absolute Gasteiger partial charge is 0.366 e. The molecule has 3 N–H and O–H groups in total. The molecular weight excluding hydrogens is 342 g/mol. The number of nitrogens with zero attached hydrogens (tertiary/aromatic N) is 1. The molecule has 2 aromatic carbocycles. The summed E-state index contributed by atoms with van der Waals surface area (Å²) in [4.78, 5) is 37.4. The van der Waals surface area contributed by atoms with Crippen molar-refractivity contribution in [1.82, 2.24) is 4.90 Å². The summed E-state index contributed by atoms with van der Waals surface area (Å²) in [7, 11) is 0. The van der Waals surface area contributed by atoms with Crippen molar-refractivity contribution in [3.63, 3.8) is 0 Å². The van der Waals surface area contributed by atoms with E-state index in [-0.39, 0.29) is 18.2 Å². The molecule has 0 spiro atoms. The first-order valence-electron chi connectivity index (χ1n) is 8.92. The average molecular weight is 367 g/mol. The van der Waals surface area contributed by atoms with Gasteiger partial charge in [-0.05, 0) is 49.2 Å². The van der Waals surface area contributed by atoms with Crippen LogP contribution in [0.5, 0.6) is 0 Å². The topological polar surface area (TPSA) is 92.5 Å². The van der Waals surface area contributed by atoms with E-state index in [4.69, 9.17) is 5.73 Å². The summed E-state index contributed by atoms with van der Waals surface area (Å²) >= 11 is 0. The lowest BCUT2D eigenvalue weighted by Crippen LogP contribution is -2.34. The van der Waals surface area contributed by atoms with Crippen LogP contribution in [0.3, 0.4) is 0 Å². The van der Waals surface area contributed by atoms with Gasteiger partial charge in [0, 0.05) is 30.8 Å². The van der Waals surface area contributed by atoms with Gasteiger partial charge in [-0.2, -0.15) is 0 Å². The van der Waals surface area contributed by atoms with Crippen LogP contribution in [-0.4, -0.2) is 35.7 Å². The van der Waals surface area contributed by atoms with Crippen molar-refractivity contribution < 1.29 is 14.4 Å².